The Labute approximate surface area is 157 Å². The summed E-state index contributed by atoms with van der Waals surface area (Å²) in [5, 5.41) is 3.15. The first-order chi connectivity index (χ1) is 12.4. The zero-order valence-corrected chi connectivity index (χ0v) is 16.7. The number of hydrogen-bond donors (Lipinski definition) is 1. The second kappa shape index (κ2) is 7.97. The van der Waals surface area contributed by atoms with E-state index in [2.05, 4.69) is 42.3 Å². The van der Waals surface area contributed by atoms with Crippen LogP contribution in [0, 0.1) is 13.8 Å². The fraction of sp³-hybridized carbons (Fsp3) is 0.667. The zero-order chi connectivity index (χ0) is 18.7. The molecule has 2 aliphatic heterocycles. The molecule has 3 rings (SSSR count). The number of nitrogens with zero attached hydrogens (tertiary/aromatic N) is 2. The predicted octanol–water partition coefficient (Wildman–Crippen LogP) is 3.09. The van der Waals surface area contributed by atoms with Gasteiger partial charge in [0.15, 0.2) is 0 Å². The predicted molar refractivity (Wildman–Crippen MR) is 104 cm³/mol. The van der Waals surface area contributed by atoms with E-state index in [9.17, 15) is 4.79 Å². The number of piperidine rings is 1. The summed E-state index contributed by atoms with van der Waals surface area (Å²) in [7, 11) is 3.58. The Kier molecular flexibility index (Phi) is 5.88. The van der Waals surface area contributed by atoms with Crippen molar-refractivity contribution in [2.45, 2.75) is 57.7 Å². The number of likely N-dealkylation sites (tertiary alicyclic amines) is 1. The lowest BCUT2D eigenvalue weighted by molar-refractivity contribution is -0.119. The van der Waals surface area contributed by atoms with E-state index in [-0.39, 0.29) is 17.7 Å². The van der Waals surface area contributed by atoms with E-state index in [1.165, 1.54) is 16.7 Å². The van der Waals surface area contributed by atoms with Crippen LogP contribution in [0.1, 0.15) is 42.4 Å². The second-order valence-corrected chi connectivity index (χ2v) is 8.21. The lowest BCUT2D eigenvalue weighted by Gasteiger charge is -2.46. The van der Waals surface area contributed by atoms with Gasteiger partial charge in [0.1, 0.15) is 0 Å². The Bertz CT molecular complexity index is 616. The average molecular weight is 360 g/mol. The Hall–Kier alpha value is -1.59. The topological polar surface area (TPSA) is 44.8 Å². The molecular formula is C21H33N3O2. The molecule has 1 N–H and O–H groups in total. The molecule has 144 valence electrons. The van der Waals surface area contributed by atoms with Crippen LogP contribution in [0.4, 0.5) is 4.79 Å². The van der Waals surface area contributed by atoms with E-state index in [1.807, 2.05) is 0 Å². The maximum Gasteiger partial charge on any atom is 0.317 e. The molecule has 0 aromatic heterocycles. The molecule has 0 radical (unpaired) electrons. The SMILES string of the molecule is Cc1cccc(C)c1CN1CCC2(CC1)C[C@@H](NC(=O)N(C)C)CCO2. The van der Waals surface area contributed by atoms with Crippen molar-refractivity contribution in [1.29, 1.82) is 0 Å². The van der Waals surface area contributed by atoms with Crippen molar-refractivity contribution >= 4 is 6.03 Å². The number of urea groups is 1. The highest BCUT2D eigenvalue weighted by Gasteiger charge is 2.40. The smallest absolute Gasteiger partial charge is 0.317 e. The number of amides is 2. The Balaban J connectivity index is 1.56. The maximum atomic E-state index is 12.0. The van der Waals surface area contributed by atoms with Gasteiger partial charge >= 0.3 is 6.03 Å². The normalized spacial score (nSPS) is 23.0. The van der Waals surface area contributed by atoms with Gasteiger partial charge in [-0.25, -0.2) is 4.79 Å². The van der Waals surface area contributed by atoms with Crippen LogP contribution in [0.5, 0.6) is 0 Å². The summed E-state index contributed by atoms with van der Waals surface area (Å²) >= 11 is 0. The lowest BCUT2D eigenvalue weighted by atomic mass is 9.82. The molecule has 2 fully saturated rings. The first-order valence-electron chi connectivity index (χ1n) is 9.78. The molecule has 2 saturated heterocycles. The Morgan fingerprint density at radius 1 is 1.27 bits per heavy atom. The fourth-order valence-electron chi connectivity index (χ4n) is 4.24. The first-order valence-corrected chi connectivity index (χ1v) is 9.78. The van der Waals surface area contributed by atoms with Gasteiger partial charge in [0, 0.05) is 46.4 Å². The van der Waals surface area contributed by atoms with Gasteiger partial charge in [0.05, 0.1) is 5.60 Å². The summed E-state index contributed by atoms with van der Waals surface area (Å²) in [4.78, 5) is 16.1. The van der Waals surface area contributed by atoms with Crippen LogP contribution in [0.2, 0.25) is 0 Å². The molecule has 2 heterocycles. The van der Waals surface area contributed by atoms with Crippen molar-refractivity contribution in [3.63, 3.8) is 0 Å². The van der Waals surface area contributed by atoms with Crippen LogP contribution in [0.3, 0.4) is 0 Å². The van der Waals surface area contributed by atoms with Crippen molar-refractivity contribution in [2.75, 3.05) is 33.8 Å². The average Bonchev–Trinajstić information content (AvgIpc) is 2.60. The highest BCUT2D eigenvalue weighted by atomic mass is 16.5. The summed E-state index contributed by atoms with van der Waals surface area (Å²) < 4.78 is 6.23. The molecular weight excluding hydrogens is 326 g/mol. The molecule has 1 aromatic carbocycles. The number of carbonyl (C=O) groups excluding carboxylic acids is 1. The highest BCUT2D eigenvalue weighted by molar-refractivity contribution is 5.73. The molecule has 1 aromatic rings. The molecule has 5 heteroatoms. The molecule has 1 spiro atoms. The second-order valence-electron chi connectivity index (χ2n) is 8.21. The summed E-state index contributed by atoms with van der Waals surface area (Å²) in [6.45, 7) is 8.29. The van der Waals surface area contributed by atoms with Gasteiger partial charge in [-0.05, 0) is 56.2 Å². The van der Waals surface area contributed by atoms with E-state index >= 15 is 0 Å². The highest BCUT2D eigenvalue weighted by Crippen LogP contribution is 2.35. The molecule has 0 saturated carbocycles. The monoisotopic (exact) mass is 359 g/mol. The minimum Gasteiger partial charge on any atom is -0.375 e. The van der Waals surface area contributed by atoms with E-state index in [1.54, 1.807) is 19.0 Å². The molecule has 2 amide bonds. The van der Waals surface area contributed by atoms with Crippen molar-refractivity contribution < 1.29 is 9.53 Å². The van der Waals surface area contributed by atoms with Gasteiger partial charge in [0.25, 0.3) is 0 Å². The molecule has 5 nitrogen and oxygen atoms in total. The molecule has 0 bridgehead atoms. The fourth-order valence-corrected chi connectivity index (χ4v) is 4.24. The van der Waals surface area contributed by atoms with Crippen LogP contribution in [-0.4, -0.2) is 61.3 Å². The number of benzene rings is 1. The van der Waals surface area contributed by atoms with Crippen molar-refractivity contribution in [1.82, 2.24) is 15.1 Å². The number of hydrogen-bond acceptors (Lipinski definition) is 3. The molecule has 1 atom stereocenters. The number of aryl methyl sites for hydroxylation is 2. The molecule has 2 aliphatic rings. The van der Waals surface area contributed by atoms with E-state index < -0.39 is 0 Å². The number of carbonyl (C=O) groups is 1. The quantitative estimate of drug-likeness (QED) is 0.902. The van der Waals surface area contributed by atoms with Gasteiger partial charge in [-0.3, -0.25) is 4.90 Å². The number of rotatable bonds is 3. The lowest BCUT2D eigenvalue weighted by Crippen LogP contribution is -2.54. The largest absolute Gasteiger partial charge is 0.375 e. The molecule has 0 aliphatic carbocycles. The maximum absolute atomic E-state index is 12.0. The number of nitrogens with one attached hydrogen (secondary N) is 1. The molecule has 0 unspecified atom stereocenters. The molecule has 26 heavy (non-hydrogen) atoms. The minimum atomic E-state index is -0.0558. The summed E-state index contributed by atoms with van der Waals surface area (Å²) in [6, 6.07) is 6.77. The van der Waals surface area contributed by atoms with Gasteiger partial charge in [-0.1, -0.05) is 18.2 Å². The summed E-state index contributed by atoms with van der Waals surface area (Å²) in [5.74, 6) is 0. The third kappa shape index (κ3) is 4.38. The Morgan fingerprint density at radius 2 is 1.92 bits per heavy atom. The van der Waals surface area contributed by atoms with Gasteiger partial charge in [-0.2, -0.15) is 0 Å². The first kappa shape index (κ1) is 19.2. The van der Waals surface area contributed by atoms with Crippen molar-refractivity contribution in [3.05, 3.63) is 34.9 Å². The summed E-state index contributed by atoms with van der Waals surface area (Å²) in [5.41, 5.74) is 4.17. The van der Waals surface area contributed by atoms with Gasteiger partial charge in [0.2, 0.25) is 0 Å². The van der Waals surface area contributed by atoms with E-state index in [4.69, 9.17) is 4.74 Å². The zero-order valence-electron chi connectivity index (χ0n) is 16.7. The Morgan fingerprint density at radius 3 is 2.54 bits per heavy atom. The van der Waals surface area contributed by atoms with Crippen LogP contribution < -0.4 is 5.32 Å². The summed E-state index contributed by atoms with van der Waals surface area (Å²) in [6.07, 6.45) is 3.94. The van der Waals surface area contributed by atoms with Gasteiger partial charge in [-0.15, -0.1) is 0 Å². The van der Waals surface area contributed by atoms with Crippen LogP contribution in [0.25, 0.3) is 0 Å². The van der Waals surface area contributed by atoms with Gasteiger partial charge < -0.3 is 15.0 Å². The van der Waals surface area contributed by atoms with Crippen molar-refractivity contribution in [3.8, 4) is 0 Å². The van der Waals surface area contributed by atoms with Crippen LogP contribution in [0.15, 0.2) is 18.2 Å². The van der Waals surface area contributed by atoms with E-state index in [0.29, 0.717) is 0 Å². The standard InChI is InChI=1S/C21H33N3O2/c1-16-6-5-7-17(2)19(16)15-24-11-9-21(10-12-24)14-18(8-13-26-21)22-20(25)23(3)4/h5-7,18H,8-15H2,1-4H3,(H,22,25)/t18-/m0/s1. The van der Waals surface area contributed by atoms with Crippen LogP contribution in [-0.2, 0) is 11.3 Å². The van der Waals surface area contributed by atoms with Crippen molar-refractivity contribution in [2.24, 2.45) is 0 Å². The van der Waals surface area contributed by atoms with E-state index in [0.717, 1.165) is 51.9 Å². The minimum absolute atomic E-state index is 0.000450. The van der Waals surface area contributed by atoms with Crippen LogP contribution >= 0.6 is 0 Å². The third-order valence-corrected chi connectivity index (χ3v) is 6.02. The third-order valence-electron chi connectivity index (χ3n) is 6.02. The number of ether oxygens (including phenoxy) is 1.